The highest BCUT2D eigenvalue weighted by molar-refractivity contribution is 5.92. The number of anilines is 2. The second-order valence-corrected chi connectivity index (χ2v) is 7.94. The Bertz CT molecular complexity index is 1490. The van der Waals surface area contributed by atoms with Crippen LogP contribution in [-0.4, -0.2) is 50.0 Å². The average molecular weight is 459 g/mol. The number of aromatic nitrogens is 4. The fourth-order valence-electron chi connectivity index (χ4n) is 4.19. The number of benzene rings is 1. The molecule has 0 unspecified atom stereocenters. The van der Waals surface area contributed by atoms with Crippen LogP contribution in [0.4, 0.5) is 16.2 Å². The van der Waals surface area contributed by atoms with Crippen LogP contribution < -0.4 is 11.1 Å². The fourth-order valence-corrected chi connectivity index (χ4v) is 4.19. The van der Waals surface area contributed by atoms with Crippen molar-refractivity contribution in [2.75, 3.05) is 30.7 Å². The molecule has 4 aromatic rings. The summed E-state index contributed by atoms with van der Waals surface area (Å²) in [6, 6.07) is 3.16. The van der Waals surface area contributed by atoms with Gasteiger partial charge in [0.05, 0.1) is 22.6 Å². The number of amides is 1. The third-order valence-electron chi connectivity index (χ3n) is 5.82. The minimum Gasteiger partial charge on any atom is -0.423 e. The van der Waals surface area contributed by atoms with Crippen molar-refractivity contribution < 1.29 is 13.6 Å². The lowest BCUT2D eigenvalue weighted by atomic mass is 10.1. The first-order valence-electron chi connectivity index (χ1n) is 10.9. The van der Waals surface area contributed by atoms with Gasteiger partial charge in [0.2, 0.25) is 5.91 Å². The van der Waals surface area contributed by atoms with Crippen LogP contribution in [0.3, 0.4) is 0 Å². The van der Waals surface area contributed by atoms with E-state index in [2.05, 4.69) is 38.7 Å². The van der Waals surface area contributed by atoms with Crippen molar-refractivity contribution in [1.29, 1.82) is 0 Å². The molecule has 1 atom stereocenters. The largest absolute Gasteiger partial charge is 0.423 e. The molecule has 1 saturated heterocycles. The van der Waals surface area contributed by atoms with E-state index in [1.54, 1.807) is 11.0 Å². The van der Waals surface area contributed by atoms with Crippen molar-refractivity contribution in [3.8, 4) is 11.8 Å². The van der Waals surface area contributed by atoms with Crippen molar-refractivity contribution >= 4 is 39.9 Å². The van der Waals surface area contributed by atoms with E-state index < -0.39 is 5.82 Å². The number of nitrogen functional groups attached to an aromatic ring is 1. The quantitative estimate of drug-likeness (QED) is 0.356. The Morgan fingerprint density at radius 1 is 1.38 bits per heavy atom. The number of hydrogen-bond acceptors (Lipinski definition) is 7. The molecular weight excluding hydrogens is 437 g/mol. The Labute approximate surface area is 194 Å². The molecule has 1 aromatic carbocycles. The number of nitrogens with two attached hydrogens (primary N) is 1. The van der Waals surface area contributed by atoms with Gasteiger partial charge in [-0.1, -0.05) is 18.4 Å². The van der Waals surface area contributed by atoms with Gasteiger partial charge in [-0.15, -0.1) is 0 Å². The Kier molecular flexibility index (Phi) is 5.37. The lowest BCUT2D eigenvalue weighted by molar-refractivity contribution is -0.125. The number of carbonyl (C=O) groups excluding carboxylic acids is 1. The lowest BCUT2D eigenvalue weighted by Crippen LogP contribution is -2.27. The average Bonchev–Trinajstić information content (AvgIpc) is 3.54. The molecular formula is C24H22FN7O2. The summed E-state index contributed by atoms with van der Waals surface area (Å²) in [5.41, 5.74) is 8.39. The van der Waals surface area contributed by atoms with Crippen LogP contribution >= 0.6 is 0 Å². The molecule has 172 valence electrons. The van der Waals surface area contributed by atoms with E-state index in [4.69, 9.17) is 10.2 Å². The summed E-state index contributed by atoms with van der Waals surface area (Å²) in [5.74, 6) is 5.59. The standard InChI is InChI=1S/C24H22FN7O2/c1-3-20(33)31-8-7-16(12-31)32-11-15(21-22(26)28-13-29-23(21)32)6-5-14-9-18-19(10-17(14)25)34-24(30-18)27-4-2/h3,9-11,13,16H,1,4,7-8,12H2,2H3,(H,27,30)(H2,26,28,29)/t16-/m0/s1. The number of nitrogens with zero attached hydrogens (tertiary/aromatic N) is 5. The Hall–Kier alpha value is -4.39. The first kappa shape index (κ1) is 21.5. The molecule has 34 heavy (non-hydrogen) atoms. The van der Waals surface area contributed by atoms with E-state index in [-0.39, 0.29) is 23.3 Å². The second-order valence-electron chi connectivity index (χ2n) is 7.94. The van der Waals surface area contributed by atoms with Crippen LogP contribution in [0.25, 0.3) is 22.1 Å². The first-order valence-corrected chi connectivity index (χ1v) is 10.9. The number of nitrogens with one attached hydrogen (secondary N) is 1. The molecule has 0 bridgehead atoms. The molecule has 4 heterocycles. The summed E-state index contributed by atoms with van der Waals surface area (Å²) >= 11 is 0. The zero-order chi connectivity index (χ0) is 23.8. The van der Waals surface area contributed by atoms with Crippen molar-refractivity contribution in [1.82, 2.24) is 24.4 Å². The molecule has 0 aliphatic carbocycles. The van der Waals surface area contributed by atoms with Gasteiger partial charge in [-0.25, -0.2) is 14.4 Å². The van der Waals surface area contributed by atoms with Gasteiger partial charge in [-0.3, -0.25) is 4.79 Å². The van der Waals surface area contributed by atoms with Gasteiger partial charge in [0.25, 0.3) is 6.01 Å². The summed E-state index contributed by atoms with van der Waals surface area (Å²) in [7, 11) is 0. The maximum atomic E-state index is 14.7. The monoisotopic (exact) mass is 459 g/mol. The smallest absolute Gasteiger partial charge is 0.295 e. The van der Waals surface area contributed by atoms with Crippen LogP contribution in [0.5, 0.6) is 0 Å². The van der Waals surface area contributed by atoms with Crippen LogP contribution in [-0.2, 0) is 4.79 Å². The number of oxazole rings is 1. The zero-order valence-corrected chi connectivity index (χ0v) is 18.5. The highest BCUT2D eigenvalue weighted by Crippen LogP contribution is 2.31. The summed E-state index contributed by atoms with van der Waals surface area (Å²) in [5, 5.41) is 3.56. The predicted octanol–water partition coefficient (Wildman–Crippen LogP) is 3.08. The number of rotatable bonds is 4. The summed E-state index contributed by atoms with van der Waals surface area (Å²) in [4.78, 5) is 26.6. The number of hydrogen-bond donors (Lipinski definition) is 2. The first-order chi connectivity index (χ1) is 16.5. The Balaban J connectivity index is 1.54. The Morgan fingerprint density at radius 3 is 3.00 bits per heavy atom. The van der Waals surface area contributed by atoms with Gasteiger partial charge < -0.3 is 24.9 Å². The van der Waals surface area contributed by atoms with Crippen molar-refractivity contribution in [3.05, 3.63) is 54.3 Å². The van der Waals surface area contributed by atoms with E-state index in [0.29, 0.717) is 53.3 Å². The highest BCUT2D eigenvalue weighted by atomic mass is 19.1. The number of likely N-dealkylation sites (tertiary alicyclic amines) is 1. The van der Waals surface area contributed by atoms with E-state index in [1.807, 2.05) is 17.7 Å². The van der Waals surface area contributed by atoms with E-state index in [0.717, 1.165) is 6.42 Å². The minimum atomic E-state index is -0.512. The fraction of sp³-hybridized carbons (Fsp3) is 0.250. The van der Waals surface area contributed by atoms with Gasteiger partial charge in [0, 0.05) is 31.9 Å². The molecule has 10 heteroatoms. The minimum absolute atomic E-state index is 0.00366. The van der Waals surface area contributed by atoms with E-state index in [9.17, 15) is 9.18 Å². The van der Waals surface area contributed by atoms with Crippen LogP contribution in [0.2, 0.25) is 0 Å². The van der Waals surface area contributed by atoms with Gasteiger partial charge in [-0.2, -0.15) is 4.98 Å². The van der Waals surface area contributed by atoms with Crippen molar-refractivity contribution in [3.63, 3.8) is 0 Å². The molecule has 9 nitrogen and oxygen atoms in total. The molecule has 5 rings (SSSR count). The van der Waals surface area contributed by atoms with Gasteiger partial charge >= 0.3 is 0 Å². The zero-order valence-electron chi connectivity index (χ0n) is 18.5. The molecule has 1 aliphatic rings. The van der Waals surface area contributed by atoms with Crippen molar-refractivity contribution in [2.45, 2.75) is 19.4 Å². The second kappa shape index (κ2) is 8.51. The van der Waals surface area contributed by atoms with Crippen LogP contribution in [0.1, 0.15) is 30.5 Å². The molecule has 1 aliphatic heterocycles. The molecule has 1 fully saturated rings. The molecule has 0 saturated carbocycles. The van der Waals surface area contributed by atoms with Crippen LogP contribution in [0, 0.1) is 17.7 Å². The third kappa shape index (κ3) is 3.71. The molecule has 3 aromatic heterocycles. The highest BCUT2D eigenvalue weighted by Gasteiger charge is 2.28. The Morgan fingerprint density at radius 2 is 2.21 bits per heavy atom. The normalized spacial score (nSPS) is 15.5. The van der Waals surface area contributed by atoms with Crippen molar-refractivity contribution in [2.24, 2.45) is 0 Å². The number of halogens is 1. The summed E-state index contributed by atoms with van der Waals surface area (Å²) in [6.45, 7) is 7.26. The van der Waals surface area contributed by atoms with Gasteiger partial charge in [-0.05, 0) is 25.5 Å². The molecule has 0 spiro atoms. The lowest BCUT2D eigenvalue weighted by Gasteiger charge is -2.15. The third-order valence-corrected chi connectivity index (χ3v) is 5.82. The van der Waals surface area contributed by atoms with E-state index >= 15 is 0 Å². The maximum Gasteiger partial charge on any atom is 0.295 e. The molecule has 3 N–H and O–H groups in total. The van der Waals surface area contributed by atoms with E-state index in [1.165, 1.54) is 18.5 Å². The summed E-state index contributed by atoms with van der Waals surface area (Å²) < 4.78 is 22.2. The SMILES string of the molecule is C=CC(=O)N1CC[C@H](n2cc(C#Cc3cc4nc(NCC)oc4cc3F)c3c(N)ncnc32)C1. The molecule has 0 radical (unpaired) electrons. The molecule has 1 amide bonds. The van der Waals surface area contributed by atoms with Gasteiger partial charge in [0.1, 0.15) is 29.1 Å². The summed E-state index contributed by atoms with van der Waals surface area (Å²) in [6.07, 6.45) is 5.30. The predicted molar refractivity (Wildman–Crippen MR) is 126 cm³/mol. The topological polar surface area (TPSA) is 115 Å². The number of fused-ring (bicyclic) bond motifs is 2. The number of carbonyl (C=O) groups is 1. The van der Waals surface area contributed by atoms with Crippen LogP contribution in [0.15, 0.2) is 41.7 Å². The maximum absolute atomic E-state index is 14.7. The van der Waals surface area contributed by atoms with Gasteiger partial charge in [0.15, 0.2) is 5.58 Å².